The third-order valence-corrected chi connectivity index (χ3v) is 3.40. The monoisotopic (exact) mass is 266 g/mol. The van der Waals surface area contributed by atoms with Crippen molar-refractivity contribution in [1.29, 1.82) is 0 Å². The van der Waals surface area contributed by atoms with Crippen LogP contribution in [0.5, 0.6) is 5.88 Å². The second kappa shape index (κ2) is 5.83. The maximum absolute atomic E-state index is 11.0. The van der Waals surface area contributed by atoms with E-state index in [0.717, 1.165) is 25.7 Å². The number of pyridine rings is 1. The van der Waals surface area contributed by atoms with E-state index in [-0.39, 0.29) is 23.6 Å². The van der Waals surface area contributed by atoms with Crippen LogP contribution in [-0.4, -0.2) is 29.1 Å². The number of nitrogens with two attached hydrogens (primary N) is 1. The van der Waals surface area contributed by atoms with Gasteiger partial charge in [0.15, 0.2) is 0 Å². The van der Waals surface area contributed by atoms with Gasteiger partial charge in [0.2, 0.25) is 11.7 Å². The van der Waals surface area contributed by atoms with Gasteiger partial charge in [0, 0.05) is 24.2 Å². The number of aromatic nitrogens is 1. The molecule has 1 aliphatic carbocycles. The molecular formula is C12H18N4O3. The molecule has 104 valence electrons. The van der Waals surface area contributed by atoms with Gasteiger partial charge in [-0.15, -0.1) is 0 Å². The average molecular weight is 266 g/mol. The van der Waals surface area contributed by atoms with Crippen LogP contribution in [0.25, 0.3) is 0 Å². The van der Waals surface area contributed by atoms with E-state index in [1.54, 1.807) is 0 Å². The minimum absolute atomic E-state index is 0.00125. The maximum atomic E-state index is 11.0. The van der Waals surface area contributed by atoms with Crippen molar-refractivity contribution in [3.63, 3.8) is 0 Å². The van der Waals surface area contributed by atoms with Gasteiger partial charge in [-0.3, -0.25) is 10.1 Å². The molecule has 0 aliphatic heterocycles. The molecule has 1 saturated carbocycles. The van der Waals surface area contributed by atoms with Gasteiger partial charge in [-0.25, -0.2) is 0 Å². The zero-order valence-corrected chi connectivity index (χ0v) is 10.8. The Balaban J connectivity index is 2.23. The summed E-state index contributed by atoms with van der Waals surface area (Å²) < 4.78 is 5.00. The predicted molar refractivity (Wildman–Crippen MR) is 71.3 cm³/mol. The Morgan fingerprint density at radius 1 is 1.47 bits per heavy atom. The van der Waals surface area contributed by atoms with Crippen LogP contribution < -0.4 is 15.8 Å². The normalized spacial score (nSPS) is 22.8. The van der Waals surface area contributed by atoms with E-state index in [1.165, 1.54) is 19.2 Å². The first kappa shape index (κ1) is 13.5. The highest BCUT2D eigenvalue weighted by Gasteiger charge is 2.25. The van der Waals surface area contributed by atoms with Crippen LogP contribution >= 0.6 is 0 Å². The second-order valence-corrected chi connectivity index (χ2v) is 4.68. The molecular weight excluding hydrogens is 248 g/mol. The quantitative estimate of drug-likeness (QED) is 0.634. The number of hydrogen-bond acceptors (Lipinski definition) is 6. The second-order valence-electron chi connectivity index (χ2n) is 4.68. The lowest BCUT2D eigenvalue weighted by atomic mass is 9.91. The van der Waals surface area contributed by atoms with E-state index >= 15 is 0 Å². The molecule has 1 aromatic rings. The van der Waals surface area contributed by atoms with Gasteiger partial charge in [-0.1, -0.05) is 12.8 Å². The first-order valence-corrected chi connectivity index (χ1v) is 6.33. The maximum Gasteiger partial charge on any atom is 0.311 e. The largest absolute Gasteiger partial charge is 0.481 e. The highest BCUT2D eigenvalue weighted by Crippen LogP contribution is 2.28. The first-order chi connectivity index (χ1) is 9.11. The van der Waals surface area contributed by atoms with E-state index in [2.05, 4.69) is 10.3 Å². The molecule has 0 bridgehead atoms. The van der Waals surface area contributed by atoms with Crippen LogP contribution in [0.3, 0.4) is 0 Å². The molecule has 0 radical (unpaired) electrons. The summed E-state index contributed by atoms with van der Waals surface area (Å²) in [4.78, 5) is 14.7. The smallest absolute Gasteiger partial charge is 0.311 e. The van der Waals surface area contributed by atoms with Gasteiger partial charge in [0.05, 0.1) is 12.0 Å². The Morgan fingerprint density at radius 2 is 2.21 bits per heavy atom. The molecule has 19 heavy (non-hydrogen) atoms. The standard InChI is InChI=1S/C12H18N4O3/c1-19-11-7-6-10(16(17)18)12(15-11)14-9-5-3-2-4-8(9)13/h6-9H,2-5,13H2,1H3,(H,14,15)/t8-,9-/m1/s1. The van der Waals surface area contributed by atoms with Crippen LogP contribution in [0.4, 0.5) is 11.5 Å². The van der Waals surface area contributed by atoms with Gasteiger partial charge < -0.3 is 15.8 Å². The number of anilines is 1. The average Bonchev–Trinajstić information content (AvgIpc) is 2.41. The molecule has 3 N–H and O–H groups in total. The summed E-state index contributed by atoms with van der Waals surface area (Å²) in [6.45, 7) is 0. The molecule has 0 unspecified atom stereocenters. The Labute approximate surface area is 111 Å². The molecule has 2 rings (SSSR count). The number of rotatable bonds is 4. The van der Waals surface area contributed by atoms with Gasteiger partial charge >= 0.3 is 5.69 Å². The van der Waals surface area contributed by atoms with Crippen molar-refractivity contribution in [2.24, 2.45) is 5.73 Å². The number of nitro groups is 1. The van der Waals surface area contributed by atoms with Gasteiger partial charge in [0.1, 0.15) is 0 Å². The van der Waals surface area contributed by atoms with Crippen molar-refractivity contribution >= 4 is 11.5 Å². The van der Waals surface area contributed by atoms with E-state index in [4.69, 9.17) is 10.5 Å². The van der Waals surface area contributed by atoms with Crippen LogP contribution in [0.15, 0.2) is 12.1 Å². The Bertz CT molecular complexity index is 466. The Kier molecular flexibility index (Phi) is 4.16. The lowest BCUT2D eigenvalue weighted by Gasteiger charge is -2.29. The first-order valence-electron chi connectivity index (χ1n) is 6.33. The zero-order chi connectivity index (χ0) is 13.8. The fourth-order valence-corrected chi connectivity index (χ4v) is 2.32. The third-order valence-electron chi connectivity index (χ3n) is 3.40. The summed E-state index contributed by atoms with van der Waals surface area (Å²) in [6.07, 6.45) is 4.00. The molecule has 1 aliphatic rings. The molecule has 7 nitrogen and oxygen atoms in total. The summed E-state index contributed by atoms with van der Waals surface area (Å²) in [7, 11) is 1.48. The molecule has 1 heterocycles. The summed E-state index contributed by atoms with van der Waals surface area (Å²) in [6, 6.07) is 2.89. The molecule has 7 heteroatoms. The molecule has 0 amide bonds. The van der Waals surface area contributed by atoms with Crippen LogP contribution in [0.2, 0.25) is 0 Å². The van der Waals surface area contributed by atoms with E-state index in [9.17, 15) is 10.1 Å². The summed E-state index contributed by atoms with van der Waals surface area (Å²) in [5.74, 6) is 0.573. The third kappa shape index (κ3) is 3.11. The fourth-order valence-electron chi connectivity index (χ4n) is 2.32. The van der Waals surface area contributed by atoms with Crippen molar-refractivity contribution < 1.29 is 9.66 Å². The van der Waals surface area contributed by atoms with E-state index in [0.29, 0.717) is 5.88 Å². The molecule has 1 aromatic heterocycles. The molecule has 2 atom stereocenters. The summed E-state index contributed by atoms with van der Waals surface area (Å²) >= 11 is 0. The van der Waals surface area contributed by atoms with Crippen molar-refractivity contribution in [3.8, 4) is 5.88 Å². The topological polar surface area (TPSA) is 103 Å². The van der Waals surface area contributed by atoms with E-state index < -0.39 is 4.92 Å². The lowest BCUT2D eigenvalue weighted by Crippen LogP contribution is -2.42. The Hall–Kier alpha value is -1.89. The fraction of sp³-hybridized carbons (Fsp3) is 0.583. The lowest BCUT2D eigenvalue weighted by molar-refractivity contribution is -0.384. The minimum Gasteiger partial charge on any atom is -0.481 e. The highest BCUT2D eigenvalue weighted by atomic mass is 16.6. The number of nitrogens with zero attached hydrogens (tertiary/aromatic N) is 2. The number of hydrogen-bond donors (Lipinski definition) is 2. The number of nitrogens with one attached hydrogen (secondary N) is 1. The predicted octanol–water partition coefficient (Wildman–Crippen LogP) is 1.68. The van der Waals surface area contributed by atoms with Crippen LogP contribution in [-0.2, 0) is 0 Å². The molecule has 1 fully saturated rings. The van der Waals surface area contributed by atoms with Crippen molar-refractivity contribution in [1.82, 2.24) is 4.98 Å². The molecule has 0 spiro atoms. The van der Waals surface area contributed by atoms with E-state index in [1.807, 2.05) is 0 Å². The summed E-state index contributed by atoms with van der Waals surface area (Å²) in [5, 5.41) is 14.1. The van der Waals surface area contributed by atoms with Crippen molar-refractivity contribution in [2.75, 3.05) is 12.4 Å². The Morgan fingerprint density at radius 3 is 2.84 bits per heavy atom. The number of ether oxygens (including phenoxy) is 1. The molecule has 0 saturated heterocycles. The van der Waals surface area contributed by atoms with Crippen LogP contribution in [0.1, 0.15) is 25.7 Å². The molecule has 0 aromatic carbocycles. The van der Waals surface area contributed by atoms with Gasteiger partial charge in [-0.2, -0.15) is 4.98 Å². The van der Waals surface area contributed by atoms with Gasteiger partial charge in [-0.05, 0) is 12.8 Å². The van der Waals surface area contributed by atoms with Crippen LogP contribution in [0, 0.1) is 10.1 Å². The minimum atomic E-state index is -0.455. The zero-order valence-electron chi connectivity index (χ0n) is 10.8. The number of methoxy groups -OCH3 is 1. The summed E-state index contributed by atoms with van der Waals surface area (Å²) in [5.41, 5.74) is 5.98. The highest BCUT2D eigenvalue weighted by molar-refractivity contribution is 5.57. The van der Waals surface area contributed by atoms with Crippen molar-refractivity contribution in [3.05, 3.63) is 22.2 Å². The van der Waals surface area contributed by atoms with Crippen molar-refractivity contribution in [2.45, 2.75) is 37.8 Å². The van der Waals surface area contributed by atoms with Gasteiger partial charge in [0.25, 0.3) is 0 Å². The SMILES string of the molecule is COc1ccc([N+](=O)[O-])c(N[C@@H]2CCCC[C@H]2N)n1.